The molecule has 0 spiro atoms. The van der Waals surface area contributed by atoms with E-state index in [1.807, 2.05) is 42.5 Å². The lowest BCUT2D eigenvalue weighted by Gasteiger charge is -2.18. The van der Waals surface area contributed by atoms with Crippen molar-refractivity contribution in [3.8, 4) is 11.5 Å². The number of hydrogen-bond donors (Lipinski definition) is 1. The SMILES string of the molecule is COc1cc(CNC2CCCCCC2)cc(Cl)c1OCc1ccccc1. The highest BCUT2D eigenvalue weighted by Crippen LogP contribution is 2.37. The molecular formula is C22H28ClNO2. The summed E-state index contributed by atoms with van der Waals surface area (Å²) in [7, 11) is 1.66. The molecule has 1 saturated carbocycles. The smallest absolute Gasteiger partial charge is 0.180 e. The van der Waals surface area contributed by atoms with Crippen LogP contribution in [0.3, 0.4) is 0 Å². The van der Waals surface area contributed by atoms with Gasteiger partial charge in [0.2, 0.25) is 0 Å². The van der Waals surface area contributed by atoms with Crippen LogP contribution in [0, 0.1) is 0 Å². The maximum Gasteiger partial charge on any atom is 0.180 e. The van der Waals surface area contributed by atoms with Gasteiger partial charge in [0.25, 0.3) is 0 Å². The Kier molecular flexibility index (Phi) is 7.22. The van der Waals surface area contributed by atoms with Gasteiger partial charge in [-0.25, -0.2) is 0 Å². The molecular weight excluding hydrogens is 346 g/mol. The third kappa shape index (κ3) is 5.39. The second-order valence-corrected chi connectivity index (χ2v) is 7.36. The Morgan fingerprint density at radius 3 is 2.42 bits per heavy atom. The monoisotopic (exact) mass is 373 g/mol. The van der Waals surface area contributed by atoms with E-state index in [9.17, 15) is 0 Å². The van der Waals surface area contributed by atoms with E-state index >= 15 is 0 Å². The average Bonchev–Trinajstić information content (AvgIpc) is 2.94. The van der Waals surface area contributed by atoms with Crippen LogP contribution in [0.2, 0.25) is 5.02 Å². The molecule has 0 unspecified atom stereocenters. The lowest BCUT2D eigenvalue weighted by Crippen LogP contribution is -2.27. The molecule has 1 N–H and O–H groups in total. The fourth-order valence-electron chi connectivity index (χ4n) is 3.49. The normalized spacial score (nSPS) is 15.5. The lowest BCUT2D eigenvalue weighted by molar-refractivity contribution is 0.284. The number of rotatable bonds is 7. The Bertz CT molecular complexity index is 682. The van der Waals surface area contributed by atoms with Crippen molar-refractivity contribution < 1.29 is 9.47 Å². The van der Waals surface area contributed by atoms with E-state index in [1.165, 1.54) is 38.5 Å². The van der Waals surface area contributed by atoms with Crippen molar-refractivity contribution in [1.29, 1.82) is 0 Å². The van der Waals surface area contributed by atoms with Crippen LogP contribution < -0.4 is 14.8 Å². The number of methoxy groups -OCH3 is 1. The Balaban J connectivity index is 1.64. The maximum absolute atomic E-state index is 6.49. The van der Waals surface area contributed by atoms with Crippen LogP contribution in [-0.2, 0) is 13.2 Å². The summed E-state index contributed by atoms with van der Waals surface area (Å²) in [6.07, 6.45) is 7.92. The molecule has 0 radical (unpaired) electrons. The second kappa shape index (κ2) is 9.84. The Hall–Kier alpha value is -1.71. The van der Waals surface area contributed by atoms with Crippen LogP contribution in [0.1, 0.15) is 49.7 Å². The summed E-state index contributed by atoms with van der Waals surface area (Å²) in [6.45, 7) is 1.27. The van der Waals surface area contributed by atoms with Gasteiger partial charge in [0.1, 0.15) is 6.61 Å². The van der Waals surface area contributed by atoms with Gasteiger partial charge in [-0.3, -0.25) is 0 Å². The summed E-state index contributed by atoms with van der Waals surface area (Å²) in [5.74, 6) is 1.29. The van der Waals surface area contributed by atoms with Gasteiger partial charge < -0.3 is 14.8 Å². The zero-order valence-corrected chi connectivity index (χ0v) is 16.2. The standard InChI is InChI=1S/C22H28ClNO2/c1-25-21-14-18(15-24-19-11-7-2-3-8-12-19)13-20(23)22(21)26-16-17-9-5-4-6-10-17/h4-6,9-10,13-14,19,24H,2-3,7-8,11-12,15-16H2,1H3. The highest BCUT2D eigenvalue weighted by atomic mass is 35.5. The zero-order chi connectivity index (χ0) is 18.2. The summed E-state index contributed by atoms with van der Waals surface area (Å²) in [5, 5.41) is 4.27. The quantitative estimate of drug-likeness (QED) is 0.627. The summed E-state index contributed by atoms with van der Waals surface area (Å²) in [6, 6.07) is 14.7. The van der Waals surface area contributed by atoms with Gasteiger partial charge in [-0.2, -0.15) is 0 Å². The second-order valence-electron chi connectivity index (χ2n) is 6.95. The number of ether oxygens (including phenoxy) is 2. The van der Waals surface area contributed by atoms with Crippen molar-refractivity contribution in [1.82, 2.24) is 5.32 Å². The van der Waals surface area contributed by atoms with Gasteiger partial charge in [-0.1, -0.05) is 67.6 Å². The van der Waals surface area contributed by atoms with Crippen LogP contribution in [0.5, 0.6) is 11.5 Å². The van der Waals surface area contributed by atoms with Gasteiger partial charge in [-0.05, 0) is 36.1 Å². The minimum atomic E-state index is 0.469. The average molecular weight is 374 g/mol. The van der Waals surface area contributed by atoms with Crippen LogP contribution in [0.15, 0.2) is 42.5 Å². The Morgan fingerprint density at radius 1 is 1.00 bits per heavy atom. The van der Waals surface area contributed by atoms with Gasteiger partial charge in [0.05, 0.1) is 12.1 Å². The van der Waals surface area contributed by atoms with E-state index < -0.39 is 0 Å². The molecule has 1 aliphatic carbocycles. The van der Waals surface area contributed by atoms with Crippen molar-refractivity contribution >= 4 is 11.6 Å². The van der Waals surface area contributed by atoms with Gasteiger partial charge in [-0.15, -0.1) is 0 Å². The van der Waals surface area contributed by atoms with Crippen molar-refractivity contribution in [3.63, 3.8) is 0 Å². The minimum absolute atomic E-state index is 0.469. The summed E-state index contributed by atoms with van der Waals surface area (Å²) >= 11 is 6.49. The fraction of sp³-hybridized carbons (Fsp3) is 0.455. The van der Waals surface area contributed by atoms with E-state index in [2.05, 4.69) is 5.32 Å². The molecule has 0 aliphatic heterocycles. The number of halogens is 1. The molecule has 140 valence electrons. The summed E-state index contributed by atoms with van der Waals surface area (Å²) < 4.78 is 11.5. The molecule has 0 aromatic heterocycles. The molecule has 0 bridgehead atoms. The molecule has 0 heterocycles. The Morgan fingerprint density at radius 2 is 1.73 bits per heavy atom. The van der Waals surface area contributed by atoms with Gasteiger partial charge in [0.15, 0.2) is 11.5 Å². The third-order valence-corrected chi connectivity index (χ3v) is 5.25. The summed E-state index contributed by atoms with van der Waals surface area (Å²) in [4.78, 5) is 0. The molecule has 2 aromatic rings. The molecule has 4 heteroatoms. The van der Waals surface area contributed by atoms with Crippen molar-refractivity contribution in [2.75, 3.05) is 7.11 Å². The van der Waals surface area contributed by atoms with E-state index in [0.29, 0.717) is 29.2 Å². The molecule has 1 aliphatic rings. The van der Waals surface area contributed by atoms with Gasteiger partial charge in [0, 0.05) is 12.6 Å². The topological polar surface area (TPSA) is 30.5 Å². The highest BCUT2D eigenvalue weighted by molar-refractivity contribution is 6.32. The number of hydrogen-bond acceptors (Lipinski definition) is 3. The first-order valence-corrected chi connectivity index (χ1v) is 9.90. The van der Waals surface area contributed by atoms with Crippen LogP contribution in [-0.4, -0.2) is 13.2 Å². The predicted molar refractivity (Wildman–Crippen MR) is 107 cm³/mol. The fourth-order valence-corrected chi connectivity index (χ4v) is 3.78. The molecule has 3 nitrogen and oxygen atoms in total. The molecule has 2 aromatic carbocycles. The van der Waals surface area contributed by atoms with Crippen LogP contribution in [0.4, 0.5) is 0 Å². The maximum atomic E-state index is 6.49. The van der Waals surface area contributed by atoms with E-state index in [4.69, 9.17) is 21.1 Å². The first kappa shape index (κ1) is 19.1. The molecule has 0 atom stereocenters. The Labute approximate surface area is 161 Å². The van der Waals surface area contributed by atoms with Crippen molar-refractivity contribution in [2.24, 2.45) is 0 Å². The molecule has 1 fully saturated rings. The first-order chi connectivity index (χ1) is 12.8. The summed E-state index contributed by atoms with van der Waals surface area (Å²) in [5.41, 5.74) is 2.23. The van der Waals surface area contributed by atoms with Crippen LogP contribution in [0.25, 0.3) is 0 Å². The number of nitrogens with one attached hydrogen (secondary N) is 1. The predicted octanol–water partition coefficient (Wildman–Crippen LogP) is 5.74. The highest BCUT2D eigenvalue weighted by Gasteiger charge is 2.15. The molecule has 3 rings (SSSR count). The zero-order valence-electron chi connectivity index (χ0n) is 15.5. The van der Waals surface area contributed by atoms with Crippen molar-refractivity contribution in [3.05, 3.63) is 58.6 Å². The minimum Gasteiger partial charge on any atom is -0.493 e. The molecule has 26 heavy (non-hydrogen) atoms. The van der Waals surface area contributed by atoms with E-state index in [-0.39, 0.29) is 0 Å². The van der Waals surface area contributed by atoms with Crippen molar-refractivity contribution in [2.45, 2.75) is 57.7 Å². The first-order valence-electron chi connectivity index (χ1n) is 9.53. The van der Waals surface area contributed by atoms with Crippen LogP contribution >= 0.6 is 11.6 Å². The van der Waals surface area contributed by atoms with E-state index in [1.54, 1.807) is 7.11 Å². The number of benzene rings is 2. The molecule has 0 saturated heterocycles. The lowest BCUT2D eigenvalue weighted by atomic mass is 10.1. The van der Waals surface area contributed by atoms with E-state index in [0.717, 1.165) is 17.7 Å². The third-order valence-electron chi connectivity index (χ3n) is 4.97. The van der Waals surface area contributed by atoms with Gasteiger partial charge >= 0.3 is 0 Å². The molecule has 0 amide bonds. The largest absolute Gasteiger partial charge is 0.493 e.